The van der Waals surface area contributed by atoms with Crippen LogP contribution in [0.5, 0.6) is 0 Å². The highest BCUT2D eigenvalue weighted by Gasteiger charge is 2.23. The molecule has 3 aromatic rings. The summed E-state index contributed by atoms with van der Waals surface area (Å²) in [7, 11) is 1.97. The number of rotatable bonds is 5. The lowest BCUT2D eigenvalue weighted by molar-refractivity contribution is -0.0117. The number of imidazole rings is 1. The number of nitrogens with one attached hydrogen (secondary N) is 3. The highest BCUT2D eigenvalue weighted by atomic mass is 35.5. The van der Waals surface area contributed by atoms with Crippen molar-refractivity contribution in [3.8, 4) is 0 Å². The second-order valence-electron chi connectivity index (χ2n) is 7.42. The Balaban J connectivity index is 1.63. The van der Waals surface area contributed by atoms with Gasteiger partial charge in [0.2, 0.25) is 5.95 Å². The first-order valence-corrected chi connectivity index (χ1v) is 10.1. The summed E-state index contributed by atoms with van der Waals surface area (Å²) in [5, 5.41) is 21.8. The average molecular weight is 469 g/mol. The number of morpholine rings is 1. The number of aromatic amines is 1. The summed E-state index contributed by atoms with van der Waals surface area (Å²) in [4.78, 5) is 9.00. The molecule has 1 atom stereocenters. The van der Waals surface area contributed by atoms with Crippen LogP contribution in [-0.2, 0) is 4.74 Å². The van der Waals surface area contributed by atoms with E-state index in [4.69, 9.17) is 21.7 Å². The standard InChI is InChI=1S/C20H20ClF3N6O2/c1-29-4-5-32-11(9-29)8-26-20-27-17-12(7-15(23)16(24)18(17)28-20)19(25)30(31)10-2-3-14(22)13(21)6-10/h2-3,6-7,11,25,31H,4-5,8-9H2,1H3,(H2,26,27,28). The highest BCUT2D eigenvalue weighted by molar-refractivity contribution is 6.31. The molecule has 0 bridgehead atoms. The number of hydrogen-bond donors (Lipinski definition) is 4. The third kappa shape index (κ3) is 4.37. The van der Waals surface area contributed by atoms with E-state index >= 15 is 0 Å². The Morgan fingerprint density at radius 1 is 1.38 bits per heavy atom. The molecule has 4 N–H and O–H groups in total. The van der Waals surface area contributed by atoms with Crippen molar-refractivity contribution in [2.24, 2.45) is 0 Å². The Labute approximate surface area is 186 Å². The van der Waals surface area contributed by atoms with Crippen molar-refractivity contribution in [3.05, 3.63) is 52.3 Å². The van der Waals surface area contributed by atoms with Crippen molar-refractivity contribution in [2.45, 2.75) is 6.10 Å². The number of aromatic nitrogens is 2. The number of likely N-dealkylation sites (N-methyl/N-ethyl adjacent to an activating group) is 1. The van der Waals surface area contributed by atoms with Crippen LogP contribution in [0.15, 0.2) is 24.3 Å². The SMILES string of the molecule is CN1CCOC(CNc2nc3c(F)c(F)cc(C(=N)N(O)c4ccc(F)c(Cl)c4)c3[nH]2)C1. The second kappa shape index (κ2) is 8.94. The van der Waals surface area contributed by atoms with E-state index in [-0.39, 0.29) is 39.4 Å². The molecule has 12 heteroatoms. The van der Waals surface area contributed by atoms with Crippen molar-refractivity contribution in [1.82, 2.24) is 14.9 Å². The Morgan fingerprint density at radius 3 is 2.88 bits per heavy atom. The maximum atomic E-state index is 14.4. The number of hydrogen-bond acceptors (Lipinski definition) is 6. The van der Waals surface area contributed by atoms with Gasteiger partial charge in [-0.1, -0.05) is 11.6 Å². The van der Waals surface area contributed by atoms with Gasteiger partial charge in [-0.25, -0.2) is 23.2 Å². The van der Waals surface area contributed by atoms with Crippen molar-refractivity contribution in [2.75, 3.05) is 43.7 Å². The quantitative estimate of drug-likeness (QED) is 0.259. The van der Waals surface area contributed by atoms with Crippen LogP contribution in [0.4, 0.5) is 24.8 Å². The first-order chi connectivity index (χ1) is 15.2. The van der Waals surface area contributed by atoms with Gasteiger partial charge in [0.1, 0.15) is 11.3 Å². The smallest absolute Gasteiger partial charge is 0.201 e. The van der Waals surface area contributed by atoms with Crippen LogP contribution in [0, 0.1) is 22.9 Å². The fraction of sp³-hybridized carbons (Fsp3) is 0.300. The number of nitrogens with zero attached hydrogens (tertiary/aromatic N) is 3. The van der Waals surface area contributed by atoms with Crippen molar-refractivity contribution >= 4 is 40.1 Å². The minimum Gasteiger partial charge on any atom is -0.374 e. The van der Waals surface area contributed by atoms with E-state index in [1.54, 1.807) is 0 Å². The lowest BCUT2D eigenvalue weighted by atomic mass is 10.1. The van der Waals surface area contributed by atoms with Crippen molar-refractivity contribution < 1.29 is 23.1 Å². The van der Waals surface area contributed by atoms with E-state index in [0.717, 1.165) is 24.7 Å². The number of ether oxygens (including phenoxy) is 1. The fourth-order valence-electron chi connectivity index (χ4n) is 3.43. The van der Waals surface area contributed by atoms with Gasteiger partial charge in [0.25, 0.3) is 0 Å². The van der Waals surface area contributed by atoms with Crippen LogP contribution in [0.3, 0.4) is 0 Å². The number of benzene rings is 2. The number of hydroxylamine groups is 1. The monoisotopic (exact) mass is 468 g/mol. The van der Waals surface area contributed by atoms with Gasteiger partial charge in [-0.3, -0.25) is 10.6 Å². The Bertz CT molecular complexity index is 1170. The zero-order valence-corrected chi connectivity index (χ0v) is 17.7. The molecule has 0 spiro atoms. The van der Waals surface area contributed by atoms with Gasteiger partial charge < -0.3 is 19.9 Å². The molecule has 4 rings (SSSR count). The van der Waals surface area contributed by atoms with E-state index in [1.165, 1.54) is 6.07 Å². The third-order valence-corrected chi connectivity index (χ3v) is 5.41. The van der Waals surface area contributed by atoms with E-state index in [0.29, 0.717) is 24.8 Å². The highest BCUT2D eigenvalue weighted by Crippen LogP contribution is 2.28. The summed E-state index contributed by atoms with van der Waals surface area (Å²) >= 11 is 5.73. The summed E-state index contributed by atoms with van der Waals surface area (Å²) < 4.78 is 47.7. The van der Waals surface area contributed by atoms with Crippen LogP contribution >= 0.6 is 11.6 Å². The van der Waals surface area contributed by atoms with Gasteiger partial charge in [0.05, 0.1) is 28.9 Å². The van der Waals surface area contributed by atoms with Crippen molar-refractivity contribution in [3.63, 3.8) is 0 Å². The first kappa shape index (κ1) is 22.3. The minimum atomic E-state index is -1.24. The second-order valence-corrected chi connectivity index (χ2v) is 7.83. The topological polar surface area (TPSA) is 100 Å². The zero-order valence-electron chi connectivity index (χ0n) is 16.9. The van der Waals surface area contributed by atoms with Gasteiger partial charge in [-0.05, 0) is 31.3 Å². The molecule has 1 saturated heterocycles. The largest absolute Gasteiger partial charge is 0.374 e. The molecular formula is C20H20ClF3N6O2. The van der Waals surface area contributed by atoms with E-state index < -0.39 is 23.3 Å². The molecule has 2 heterocycles. The molecule has 0 aliphatic carbocycles. The van der Waals surface area contributed by atoms with Gasteiger partial charge >= 0.3 is 0 Å². The third-order valence-electron chi connectivity index (χ3n) is 5.12. The molecule has 0 saturated carbocycles. The minimum absolute atomic E-state index is 0.00494. The molecule has 170 valence electrons. The normalized spacial score (nSPS) is 17.0. The van der Waals surface area contributed by atoms with Gasteiger partial charge in [0.15, 0.2) is 17.5 Å². The number of amidine groups is 1. The van der Waals surface area contributed by atoms with Gasteiger partial charge in [0, 0.05) is 25.2 Å². The predicted octanol–water partition coefficient (Wildman–Crippen LogP) is 3.60. The zero-order chi connectivity index (χ0) is 23.0. The fourth-order valence-corrected chi connectivity index (χ4v) is 3.61. The van der Waals surface area contributed by atoms with Crippen LogP contribution < -0.4 is 10.4 Å². The molecule has 1 aromatic heterocycles. The van der Waals surface area contributed by atoms with Crippen LogP contribution in [0.1, 0.15) is 5.56 Å². The summed E-state index contributed by atoms with van der Waals surface area (Å²) in [6, 6.07) is 4.07. The summed E-state index contributed by atoms with van der Waals surface area (Å²) in [6.45, 7) is 2.49. The summed E-state index contributed by atoms with van der Waals surface area (Å²) in [5.41, 5.74) is -0.517. The molecule has 0 radical (unpaired) electrons. The number of H-pyrrole nitrogens is 1. The maximum absolute atomic E-state index is 14.4. The van der Waals surface area contributed by atoms with Crippen LogP contribution in [0.2, 0.25) is 5.02 Å². The first-order valence-electron chi connectivity index (χ1n) is 9.69. The Kier molecular flexibility index (Phi) is 6.24. The molecule has 1 aliphatic rings. The molecule has 1 fully saturated rings. The lowest BCUT2D eigenvalue weighted by Gasteiger charge is -2.29. The van der Waals surface area contributed by atoms with Gasteiger partial charge in [-0.2, -0.15) is 0 Å². The van der Waals surface area contributed by atoms with E-state index in [9.17, 15) is 18.4 Å². The summed E-state index contributed by atoms with van der Waals surface area (Å²) in [5.74, 6) is -3.57. The lowest BCUT2D eigenvalue weighted by Crippen LogP contribution is -2.43. The molecular weight excluding hydrogens is 449 g/mol. The predicted molar refractivity (Wildman–Crippen MR) is 114 cm³/mol. The average Bonchev–Trinajstić information content (AvgIpc) is 3.20. The molecule has 0 amide bonds. The molecule has 2 aromatic carbocycles. The van der Waals surface area contributed by atoms with E-state index in [2.05, 4.69) is 20.2 Å². The molecule has 32 heavy (non-hydrogen) atoms. The number of anilines is 2. The molecule has 8 nitrogen and oxygen atoms in total. The maximum Gasteiger partial charge on any atom is 0.201 e. The molecule has 1 unspecified atom stereocenters. The Morgan fingerprint density at radius 2 is 2.16 bits per heavy atom. The number of halogens is 4. The van der Waals surface area contributed by atoms with E-state index in [1.807, 2.05) is 7.05 Å². The van der Waals surface area contributed by atoms with Crippen molar-refractivity contribution in [1.29, 1.82) is 5.41 Å². The van der Waals surface area contributed by atoms with Crippen LogP contribution in [-0.4, -0.2) is 65.3 Å². The van der Waals surface area contributed by atoms with Crippen LogP contribution in [0.25, 0.3) is 11.0 Å². The van der Waals surface area contributed by atoms with Gasteiger partial charge in [-0.15, -0.1) is 0 Å². The number of fused-ring (bicyclic) bond motifs is 1. The summed E-state index contributed by atoms with van der Waals surface area (Å²) in [6.07, 6.45) is -0.113. The molecule has 1 aliphatic heterocycles. The Hall–Kier alpha value is -2.86.